The van der Waals surface area contributed by atoms with Crippen molar-refractivity contribution in [3.8, 4) is 0 Å². The van der Waals surface area contributed by atoms with Crippen molar-refractivity contribution >= 4 is 17.9 Å². The second-order valence-electron chi connectivity index (χ2n) is 16.7. The van der Waals surface area contributed by atoms with E-state index in [4.69, 9.17) is 14.2 Å². The van der Waals surface area contributed by atoms with Gasteiger partial charge in [0.15, 0.2) is 13.1 Å². The molecule has 0 radical (unpaired) electrons. The summed E-state index contributed by atoms with van der Waals surface area (Å²) in [5, 5.41) is 12.8. The zero-order valence-electron chi connectivity index (χ0n) is 27.9. The summed E-state index contributed by atoms with van der Waals surface area (Å²) in [4.78, 5) is 37.8. The maximum absolute atomic E-state index is 13.1. The highest BCUT2D eigenvalue weighted by Crippen LogP contribution is 2.70. The van der Waals surface area contributed by atoms with Crippen molar-refractivity contribution in [2.75, 3.05) is 62.0 Å². The van der Waals surface area contributed by atoms with E-state index in [1.54, 1.807) is 6.08 Å². The number of rotatable bonds is 7. The highest BCUT2D eigenvalue weighted by atomic mass is 79.9. The molecule has 0 bridgehead atoms. The van der Waals surface area contributed by atoms with E-state index in [2.05, 4.69) is 13.8 Å². The third-order valence-electron chi connectivity index (χ3n) is 11.7. The van der Waals surface area contributed by atoms with Gasteiger partial charge in [-0.2, -0.15) is 0 Å². The summed E-state index contributed by atoms with van der Waals surface area (Å²) in [5.41, 5.74) is -0.647. The fourth-order valence-electron chi connectivity index (χ4n) is 9.84. The Hall–Kier alpha value is -1.01. The van der Waals surface area contributed by atoms with Crippen LogP contribution in [0.5, 0.6) is 0 Å². The standard InChI is InChI=1S/C33H54N2O7.2BrH/c1-31-13-11-23(41-28(37)18-34(3,4)5)16-22(31)9-10-25-24(31)12-14-32(2)30(21-15-27(36)40-20-21)26(17-33(25,32)39)42-29(38)19-35(6,7)8;;/h15,22-26,30,39H,9-14,16-20H2,1-8H3;2*1H/q+2;;/p-2/t22?,23?,24-,25+,26?,30?,31?,32?,33?;;/m0../s1. The minimum Gasteiger partial charge on any atom is -1.00 e. The molecule has 1 heterocycles. The lowest BCUT2D eigenvalue weighted by atomic mass is 9.43. The van der Waals surface area contributed by atoms with Gasteiger partial charge in [0.05, 0.1) is 47.9 Å². The van der Waals surface area contributed by atoms with Crippen LogP contribution in [-0.4, -0.2) is 112 Å². The summed E-state index contributed by atoms with van der Waals surface area (Å²) in [6, 6.07) is 0. The van der Waals surface area contributed by atoms with Crippen LogP contribution in [0.4, 0.5) is 0 Å². The second kappa shape index (κ2) is 12.9. The highest BCUT2D eigenvalue weighted by molar-refractivity contribution is 5.85. The highest BCUT2D eigenvalue weighted by Gasteiger charge is 2.71. The van der Waals surface area contributed by atoms with E-state index in [9.17, 15) is 19.5 Å². The lowest BCUT2D eigenvalue weighted by Crippen LogP contribution is -3.00. The van der Waals surface area contributed by atoms with Crippen LogP contribution in [0.25, 0.3) is 0 Å². The topological polar surface area (TPSA) is 99.1 Å². The van der Waals surface area contributed by atoms with E-state index in [1.165, 1.54) is 0 Å². The van der Waals surface area contributed by atoms with Gasteiger partial charge in [0.25, 0.3) is 0 Å². The third-order valence-corrected chi connectivity index (χ3v) is 11.7. The molecule has 0 saturated heterocycles. The van der Waals surface area contributed by atoms with Gasteiger partial charge in [0.2, 0.25) is 0 Å². The zero-order valence-corrected chi connectivity index (χ0v) is 31.0. The van der Waals surface area contributed by atoms with Gasteiger partial charge >= 0.3 is 17.9 Å². The Morgan fingerprint density at radius 1 is 0.909 bits per heavy atom. The maximum Gasteiger partial charge on any atom is 0.362 e. The van der Waals surface area contributed by atoms with Crippen molar-refractivity contribution in [2.45, 2.75) is 83.0 Å². The number of fused-ring (bicyclic) bond motifs is 5. The average Bonchev–Trinajstić information content (AvgIpc) is 3.34. The lowest BCUT2D eigenvalue weighted by Gasteiger charge is -2.63. The van der Waals surface area contributed by atoms with Crippen molar-refractivity contribution in [1.82, 2.24) is 0 Å². The quantitative estimate of drug-likeness (QED) is 0.170. The molecule has 252 valence electrons. The first-order valence-electron chi connectivity index (χ1n) is 15.9. The van der Waals surface area contributed by atoms with E-state index >= 15 is 0 Å². The molecule has 0 aromatic heterocycles. The number of ether oxygens (including phenoxy) is 3. The number of hydrogen-bond donors (Lipinski definition) is 1. The van der Waals surface area contributed by atoms with Crippen molar-refractivity contribution in [1.29, 1.82) is 0 Å². The first kappa shape index (κ1) is 37.4. The minimum atomic E-state index is -1.02. The van der Waals surface area contributed by atoms with Crippen LogP contribution in [0.3, 0.4) is 0 Å². The van der Waals surface area contributed by atoms with Gasteiger partial charge in [-0.1, -0.05) is 13.8 Å². The molecule has 9 atom stereocenters. The molecule has 5 aliphatic rings. The summed E-state index contributed by atoms with van der Waals surface area (Å²) in [5.74, 6) is -0.152. The number of carbonyl (C=O) groups is 3. The predicted molar refractivity (Wildman–Crippen MR) is 157 cm³/mol. The van der Waals surface area contributed by atoms with Gasteiger partial charge < -0.3 is 62.2 Å². The maximum atomic E-state index is 13.1. The Balaban J connectivity index is 0.00000264. The van der Waals surface area contributed by atoms with Gasteiger partial charge in [-0.15, -0.1) is 0 Å². The minimum absolute atomic E-state index is 0. The molecule has 0 amide bonds. The molecule has 7 unspecified atom stereocenters. The molecule has 5 rings (SSSR count). The number of halogens is 2. The summed E-state index contributed by atoms with van der Waals surface area (Å²) >= 11 is 0. The molecule has 0 spiro atoms. The fourth-order valence-corrected chi connectivity index (χ4v) is 9.84. The number of likely N-dealkylation sites (N-methyl/N-ethyl adjacent to an activating group) is 2. The van der Waals surface area contributed by atoms with Gasteiger partial charge in [0.1, 0.15) is 18.8 Å². The van der Waals surface area contributed by atoms with Crippen molar-refractivity contribution in [2.24, 2.45) is 34.5 Å². The Kier molecular flexibility index (Phi) is 11.0. The number of aliphatic hydroxyl groups is 1. The normalized spacial score (nSPS) is 39.8. The molecular formula is C33H54Br2N2O7. The van der Waals surface area contributed by atoms with E-state index in [-0.39, 0.29) is 88.4 Å². The number of esters is 3. The largest absolute Gasteiger partial charge is 1.00 e. The van der Waals surface area contributed by atoms with Crippen LogP contribution in [0.1, 0.15) is 65.2 Å². The first-order chi connectivity index (χ1) is 19.3. The number of cyclic esters (lactones) is 1. The number of nitrogens with zero attached hydrogens (tertiary/aromatic N) is 2. The van der Waals surface area contributed by atoms with Gasteiger partial charge in [-0.25, -0.2) is 14.4 Å². The molecule has 1 N–H and O–H groups in total. The van der Waals surface area contributed by atoms with Crippen LogP contribution in [-0.2, 0) is 28.6 Å². The van der Waals surface area contributed by atoms with Crippen LogP contribution in [0, 0.1) is 34.5 Å². The zero-order chi connectivity index (χ0) is 30.9. The smallest absolute Gasteiger partial charge is 0.362 e. The summed E-state index contributed by atoms with van der Waals surface area (Å²) in [6.45, 7) is 5.36. The molecule has 4 aliphatic carbocycles. The summed E-state index contributed by atoms with van der Waals surface area (Å²) < 4.78 is 18.5. The van der Waals surface area contributed by atoms with Crippen LogP contribution < -0.4 is 34.0 Å². The number of quaternary nitrogens is 2. The fraction of sp³-hybridized carbons (Fsp3) is 0.848. The number of hydrogen-bond acceptors (Lipinski definition) is 7. The molecule has 4 fully saturated rings. The predicted octanol–water partition coefficient (Wildman–Crippen LogP) is -2.90. The molecule has 9 nitrogen and oxygen atoms in total. The Bertz CT molecular complexity index is 1150. The monoisotopic (exact) mass is 748 g/mol. The molecule has 11 heteroatoms. The van der Waals surface area contributed by atoms with Gasteiger partial charge in [0, 0.05) is 23.8 Å². The van der Waals surface area contributed by atoms with Crippen LogP contribution in [0.15, 0.2) is 11.6 Å². The van der Waals surface area contributed by atoms with E-state index in [1.807, 2.05) is 42.3 Å². The molecule has 4 saturated carbocycles. The summed E-state index contributed by atoms with van der Waals surface area (Å²) in [7, 11) is 11.9. The van der Waals surface area contributed by atoms with Crippen LogP contribution in [0.2, 0.25) is 0 Å². The van der Waals surface area contributed by atoms with Crippen molar-refractivity contribution < 1.29 is 76.6 Å². The first-order valence-corrected chi connectivity index (χ1v) is 15.9. The average molecular weight is 751 g/mol. The molecule has 0 aromatic rings. The van der Waals surface area contributed by atoms with Crippen molar-refractivity contribution in [3.05, 3.63) is 11.6 Å². The van der Waals surface area contributed by atoms with E-state index < -0.39 is 17.1 Å². The van der Waals surface area contributed by atoms with Crippen LogP contribution >= 0.6 is 0 Å². The van der Waals surface area contributed by atoms with Crippen molar-refractivity contribution in [3.63, 3.8) is 0 Å². The van der Waals surface area contributed by atoms with Gasteiger partial charge in [-0.3, -0.25) is 0 Å². The molecule has 1 aliphatic heterocycles. The van der Waals surface area contributed by atoms with E-state index in [0.29, 0.717) is 33.8 Å². The Labute approximate surface area is 284 Å². The third kappa shape index (κ3) is 6.97. The molecular weight excluding hydrogens is 696 g/mol. The second-order valence-corrected chi connectivity index (χ2v) is 16.7. The SMILES string of the molecule is CC12CCC(OC(=O)C[N+](C)(C)C)CC1CC[C@@H]1[C@@H]2CCC2(C)C(C3=CC(=O)OC3)C(OC(=O)C[N+](C)(C)C)CC12O.[Br-].[Br-]. The Morgan fingerprint density at radius 3 is 2.09 bits per heavy atom. The Morgan fingerprint density at radius 2 is 1.52 bits per heavy atom. The van der Waals surface area contributed by atoms with Gasteiger partial charge in [-0.05, 0) is 73.7 Å². The number of carbonyl (C=O) groups excluding carboxylic acids is 3. The summed E-state index contributed by atoms with van der Waals surface area (Å²) in [6.07, 6.45) is 7.81. The molecule has 44 heavy (non-hydrogen) atoms. The van der Waals surface area contributed by atoms with E-state index in [0.717, 1.165) is 50.5 Å². The molecule has 0 aromatic carbocycles. The lowest BCUT2D eigenvalue weighted by molar-refractivity contribution is -0.862.